The van der Waals surface area contributed by atoms with E-state index < -0.39 is 0 Å². The molecule has 4 heteroatoms. The van der Waals surface area contributed by atoms with Crippen LogP contribution < -0.4 is 0 Å². The zero-order valence-corrected chi connectivity index (χ0v) is 12.4. The number of carbonyl (C=O) groups excluding carboxylic acids is 1. The summed E-state index contributed by atoms with van der Waals surface area (Å²) in [5.41, 5.74) is 1.72. The number of aryl methyl sites for hydroxylation is 1. The van der Waals surface area contributed by atoms with Crippen LogP contribution in [-0.2, 0) is 4.74 Å². The number of benzene rings is 1. The van der Waals surface area contributed by atoms with Gasteiger partial charge in [0.05, 0.1) is 12.2 Å². The Bertz CT molecular complexity index is 432. The van der Waals surface area contributed by atoms with E-state index in [1.807, 2.05) is 25.1 Å². The van der Waals surface area contributed by atoms with Gasteiger partial charge in [-0.1, -0.05) is 18.2 Å². The van der Waals surface area contributed by atoms with Crippen LogP contribution in [0, 0.1) is 6.92 Å². The minimum Gasteiger partial charge on any atom is -0.383 e. The van der Waals surface area contributed by atoms with E-state index >= 15 is 0 Å². The quantitative estimate of drug-likeness (QED) is 0.756. The Morgan fingerprint density at radius 3 is 2.89 bits per heavy atom. The van der Waals surface area contributed by atoms with Crippen LogP contribution in [0.1, 0.15) is 15.9 Å². The first kappa shape index (κ1) is 14.9. The van der Waals surface area contributed by atoms with E-state index in [2.05, 4.69) is 22.5 Å². The van der Waals surface area contributed by atoms with Crippen LogP contribution in [-0.4, -0.2) is 37.6 Å². The predicted octanol–water partition coefficient (Wildman–Crippen LogP) is 3.03. The van der Waals surface area contributed by atoms with Crippen molar-refractivity contribution >= 4 is 21.8 Å². The first-order valence-corrected chi connectivity index (χ1v) is 6.55. The Kier molecular flexibility index (Phi) is 6.09. The lowest BCUT2D eigenvalue weighted by Gasteiger charge is -2.21. The highest BCUT2D eigenvalue weighted by atomic mass is 79.9. The summed E-state index contributed by atoms with van der Waals surface area (Å²) in [5.74, 6) is -0.0116. The number of halogens is 1. The average Bonchev–Trinajstić information content (AvgIpc) is 2.37. The van der Waals surface area contributed by atoms with Crippen molar-refractivity contribution in [2.24, 2.45) is 0 Å². The van der Waals surface area contributed by atoms with Crippen LogP contribution in [0.4, 0.5) is 0 Å². The molecule has 18 heavy (non-hydrogen) atoms. The van der Waals surface area contributed by atoms with E-state index in [1.54, 1.807) is 18.1 Å². The number of hydrogen-bond donors (Lipinski definition) is 0. The van der Waals surface area contributed by atoms with Crippen molar-refractivity contribution in [3.05, 3.63) is 46.5 Å². The van der Waals surface area contributed by atoms with E-state index in [0.29, 0.717) is 25.3 Å². The SMILES string of the molecule is C=CCN(CCOC)C(=O)c1cccc(C)c1Br. The van der Waals surface area contributed by atoms with Crippen LogP contribution in [0.2, 0.25) is 0 Å². The van der Waals surface area contributed by atoms with Gasteiger partial charge in [-0.2, -0.15) is 0 Å². The van der Waals surface area contributed by atoms with Crippen LogP contribution in [0.25, 0.3) is 0 Å². The molecule has 0 radical (unpaired) electrons. The lowest BCUT2D eigenvalue weighted by Crippen LogP contribution is -2.34. The third-order valence-electron chi connectivity index (χ3n) is 2.62. The van der Waals surface area contributed by atoms with E-state index in [-0.39, 0.29) is 5.91 Å². The number of amides is 1. The Balaban J connectivity index is 2.94. The van der Waals surface area contributed by atoms with Crippen LogP contribution in [0.15, 0.2) is 35.3 Å². The second-order valence-corrected chi connectivity index (χ2v) is 4.76. The van der Waals surface area contributed by atoms with Crippen molar-refractivity contribution in [3.63, 3.8) is 0 Å². The second-order valence-electron chi connectivity index (χ2n) is 3.97. The molecule has 0 atom stereocenters. The molecule has 98 valence electrons. The van der Waals surface area contributed by atoms with E-state index in [1.165, 1.54) is 0 Å². The lowest BCUT2D eigenvalue weighted by atomic mass is 10.1. The summed E-state index contributed by atoms with van der Waals surface area (Å²) in [4.78, 5) is 14.1. The van der Waals surface area contributed by atoms with Gasteiger partial charge >= 0.3 is 0 Å². The Labute approximate surface area is 117 Å². The van der Waals surface area contributed by atoms with Gasteiger partial charge in [-0.25, -0.2) is 0 Å². The molecule has 0 N–H and O–H groups in total. The monoisotopic (exact) mass is 311 g/mol. The van der Waals surface area contributed by atoms with Crippen molar-refractivity contribution in [3.8, 4) is 0 Å². The molecular formula is C14H18BrNO2. The van der Waals surface area contributed by atoms with Crippen molar-refractivity contribution in [1.29, 1.82) is 0 Å². The van der Waals surface area contributed by atoms with Gasteiger partial charge in [0, 0.05) is 24.7 Å². The highest BCUT2D eigenvalue weighted by molar-refractivity contribution is 9.10. The summed E-state index contributed by atoms with van der Waals surface area (Å²) in [6.45, 7) is 7.23. The third-order valence-corrected chi connectivity index (χ3v) is 3.68. The van der Waals surface area contributed by atoms with Gasteiger partial charge in [-0.05, 0) is 34.5 Å². The standard InChI is InChI=1S/C14H18BrNO2/c1-4-8-16(9-10-18-3)14(17)12-7-5-6-11(2)13(12)15/h4-7H,1,8-10H2,2-3H3. The summed E-state index contributed by atoms with van der Waals surface area (Å²) >= 11 is 3.46. The van der Waals surface area contributed by atoms with Gasteiger partial charge in [0.1, 0.15) is 0 Å². The fourth-order valence-corrected chi connectivity index (χ4v) is 2.05. The van der Waals surface area contributed by atoms with E-state index in [4.69, 9.17) is 4.74 Å². The lowest BCUT2D eigenvalue weighted by molar-refractivity contribution is 0.0717. The fraction of sp³-hybridized carbons (Fsp3) is 0.357. The summed E-state index contributed by atoms with van der Waals surface area (Å²) in [6, 6.07) is 5.67. The van der Waals surface area contributed by atoms with Crippen molar-refractivity contribution < 1.29 is 9.53 Å². The molecule has 1 rings (SSSR count). The Hall–Kier alpha value is -1.13. The normalized spacial score (nSPS) is 10.2. The van der Waals surface area contributed by atoms with Gasteiger partial charge in [0.15, 0.2) is 0 Å². The predicted molar refractivity (Wildman–Crippen MR) is 76.9 cm³/mol. The minimum absolute atomic E-state index is 0.0116. The van der Waals surface area contributed by atoms with Gasteiger partial charge < -0.3 is 9.64 Å². The molecule has 3 nitrogen and oxygen atoms in total. The van der Waals surface area contributed by atoms with Crippen LogP contribution in [0.5, 0.6) is 0 Å². The van der Waals surface area contributed by atoms with Gasteiger partial charge in [0.2, 0.25) is 0 Å². The molecule has 0 saturated heterocycles. The number of nitrogens with zero attached hydrogens (tertiary/aromatic N) is 1. The molecule has 0 heterocycles. The topological polar surface area (TPSA) is 29.5 Å². The summed E-state index contributed by atoms with van der Waals surface area (Å²) in [5, 5.41) is 0. The van der Waals surface area contributed by atoms with Gasteiger partial charge in [-0.15, -0.1) is 6.58 Å². The smallest absolute Gasteiger partial charge is 0.255 e. The maximum Gasteiger partial charge on any atom is 0.255 e. The molecule has 0 aliphatic rings. The largest absolute Gasteiger partial charge is 0.383 e. The molecule has 1 aromatic carbocycles. The zero-order chi connectivity index (χ0) is 13.5. The molecule has 0 aliphatic carbocycles. The first-order valence-electron chi connectivity index (χ1n) is 5.76. The van der Waals surface area contributed by atoms with Crippen molar-refractivity contribution in [1.82, 2.24) is 4.90 Å². The summed E-state index contributed by atoms with van der Waals surface area (Å²) in [6.07, 6.45) is 1.72. The molecule has 0 aliphatic heterocycles. The molecule has 0 spiro atoms. The molecule has 0 bridgehead atoms. The van der Waals surface area contributed by atoms with Crippen molar-refractivity contribution in [2.75, 3.05) is 26.8 Å². The Morgan fingerprint density at radius 2 is 2.28 bits per heavy atom. The number of methoxy groups -OCH3 is 1. The van der Waals surface area contributed by atoms with E-state index in [9.17, 15) is 4.79 Å². The summed E-state index contributed by atoms with van der Waals surface area (Å²) < 4.78 is 5.87. The highest BCUT2D eigenvalue weighted by Crippen LogP contribution is 2.22. The molecule has 0 saturated carbocycles. The zero-order valence-electron chi connectivity index (χ0n) is 10.8. The van der Waals surface area contributed by atoms with Gasteiger partial charge in [0.25, 0.3) is 5.91 Å². The molecule has 1 amide bonds. The van der Waals surface area contributed by atoms with Gasteiger partial charge in [-0.3, -0.25) is 4.79 Å². The molecular weight excluding hydrogens is 294 g/mol. The maximum atomic E-state index is 12.4. The average molecular weight is 312 g/mol. The summed E-state index contributed by atoms with van der Waals surface area (Å²) in [7, 11) is 1.62. The highest BCUT2D eigenvalue weighted by Gasteiger charge is 2.17. The fourth-order valence-electron chi connectivity index (χ4n) is 1.62. The van der Waals surface area contributed by atoms with Crippen LogP contribution >= 0.6 is 15.9 Å². The molecule has 0 unspecified atom stereocenters. The third kappa shape index (κ3) is 3.68. The number of ether oxygens (including phenoxy) is 1. The Morgan fingerprint density at radius 1 is 1.56 bits per heavy atom. The minimum atomic E-state index is -0.0116. The number of hydrogen-bond acceptors (Lipinski definition) is 2. The molecule has 0 fully saturated rings. The number of carbonyl (C=O) groups is 1. The second kappa shape index (κ2) is 7.34. The number of rotatable bonds is 6. The maximum absolute atomic E-state index is 12.4. The molecule has 1 aromatic rings. The van der Waals surface area contributed by atoms with Crippen molar-refractivity contribution in [2.45, 2.75) is 6.92 Å². The first-order chi connectivity index (χ1) is 8.61. The molecule has 0 aromatic heterocycles. The van der Waals surface area contributed by atoms with E-state index in [0.717, 1.165) is 10.0 Å². The van der Waals surface area contributed by atoms with Crippen LogP contribution in [0.3, 0.4) is 0 Å².